The fourth-order valence-corrected chi connectivity index (χ4v) is 2.04. The fraction of sp³-hybridized carbons (Fsp3) is 0.417. The Labute approximate surface area is 114 Å². The molecule has 1 unspecified atom stereocenters. The molecule has 0 saturated carbocycles. The number of hydrogen-bond acceptors (Lipinski definition) is 3. The van der Waals surface area contributed by atoms with Crippen LogP contribution < -0.4 is 5.32 Å². The summed E-state index contributed by atoms with van der Waals surface area (Å²) in [6, 6.07) is 7.12. The summed E-state index contributed by atoms with van der Waals surface area (Å²) in [5.41, 5.74) is 0.602. The van der Waals surface area contributed by atoms with E-state index in [4.69, 9.17) is 0 Å². The van der Waals surface area contributed by atoms with Gasteiger partial charge in [0.15, 0.2) is 0 Å². The van der Waals surface area contributed by atoms with Gasteiger partial charge < -0.3 is 10.4 Å². The van der Waals surface area contributed by atoms with Crippen LogP contribution in [-0.4, -0.2) is 35.7 Å². The molecule has 0 aromatic heterocycles. The number of nitrogens with one attached hydrogen (secondary N) is 1. The molecule has 0 fully saturated rings. The number of rotatable bonds is 6. The summed E-state index contributed by atoms with van der Waals surface area (Å²) in [7, 11) is 0. The predicted octanol–water partition coefficient (Wildman–Crippen LogP) is 2.29. The zero-order valence-corrected chi connectivity index (χ0v) is 12.1. The molecular weight excluding hydrogens is 302 g/mol. The zero-order valence-electron chi connectivity index (χ0n) is 9.65. The molecule has 1 amide bonds. The second-order valence-corrected chi connectivity index (χ2v) is 5.55. The lowest BCUT2D eigenvalue weighted by molar-refractivity contribution is 0.0914. The van der Waals surface area contributed by atoms with Gasteiger partial charge in [-0.3, -0.25) is 4.79 Å². The Kier molecular flexibility index (Phi) is 6.62. The van der Waals surface area contributed by atoms with Crippen LogP contribution in [0.4, 0.5) is 0 Å². The maximum absolute atomic E-state index is 11.7. The average Bonchev–Trinajstić information content (AvgIpc) is 2.34. The largest absolute Gasteiger partial charge is 0.391 e. The van der Waals surface area contributed by atoms with Gasteiger partial charge in [-0.1, -0.05) is 15.9 Å². The highest BCUT2D eigenvalue weighted by atomic mass is 79.9. The molecule has 0 saturated heterocycles. The summed E-state index contributed by atoms with van der Waals surface area (Å²) < 4.78 is 0.939. The van der Waals surface area contributed by atoms with Crippen molar-refractivity contribution in [2.45, 2.75) is 12.5 Å². The van der Waals surface area contributed by atoms with Gasteiger partial charge in [0.25, 0.3) is 5.91 Å². The molecule has 0 spiro atoms. The molecule has 1 aromatic carbocycles. The quantitative estimate of drug-likeness (QED) is 0.846. The van der Waals surface area contributed by atoms with Gasteiger partial charge in [-0.25, -0.2) is 0 Å². The van der Waals surface area contributed by atoms with Crippen LogP contribution in [0.25, 0.3) is 0 Å². The Morgan fingerprint density at radius 1 is 1.47 bits per heavy atom. The Morgan fingerprint density at radius 2 is 2.12 bits per heavy atom. The smallest absolute Gasteiger partial charge is 0.251 e. The Bertz CT molecular complexity index is 356. The number of aliphatic hydroxyl groups excluding tert-OH is 1. The topological polar surface area (TPSA) is 49.3 Å². The van der Waals surface area contributed by atoms with Crippen molar-refractivity contribution in [1.29, 1.82) is 0 Å². The molecule has 0 aliphatic heterocycles. The number of thioether (sulfide) groups is 1. The number of carbonyl (C=O) groups is 1. The SMILES string of the molecule is CSCCC(O)CNC(=O)c1ccc(Br)cc1. The lowest BCUT2D eigenvalue weighted by Crippen LogP contribution is -2.32. The minimum atomic E-state index is -0.471. The number of carbonyl (C=O) groups excluding carboxylic acids is 1. The van der Waals surface area contributed by atoms with Gasteiger partial charge >= 0.3 is 0 Å². The molecule has 1 aromatic rings. The summed E-state index contributed by atoms with van der Waals surface area (Å²) in [5.74, 6) is 0.746. The van der Waals surface area contributed by atoms with Gasteiger partial charge in [0.05, 0.1) is 6.10 Å². The number of hydrogen-bond donors (Lipinski definition) is 2. The first kappa shape index (κ1) is 14.5. The van der Waals surface area contributed by atoms with Crippen LogP contribution in [0.3, 0.4) is 0 Å². The summed E-state index contributed by atoms with van der Waals surface area (Å²) in [6.07, 6.45) is 2.22. The normalized spacial score (nSPS) is 12.2. The van der Waals surface area contributed by atoms with E-state index in [-0.39, 0.29) is 5.91 Å². The lowest BCUT2D eigenvalue weighted by Gasteiger charge is -2.11. The number of aliphatic hydroxyl groups is 1. The fourth-order valence-electron chi connectivity index (χ4n) is 1.27. The summed E-state index contributed by atoms with van der Waals surface area (Å²) in [4.78, 5) is 11.7. The molecule has 17 heavy (non-hydrogen) atoms. The van der Waals surface area contributed by atoms with E-state index in [1.165, 1.54) is 0 Å². The Morgan fingerprint density at radius 3 is 2.71 bits per heavy atom. The third-order valence-corrected chi connectivity index (χ3v) is 3.43. The average molecular weight is 318 g/mol. The second-order valence-electron chi connectivity index (χ2n) is 3.65. The van der Waals surface area contributed by atoms with E-state index in [1.54, 1.807) is 23.9 Å². The van der Waals surface area contributed by atoms with Crippen molar-refractivity contribution in [3.63, 3.8) is 0 Å². The lowest BCUT2D eigenvalue weighted by atomic mass is 10.2. The van der Waals surface area contributed by atoms with Gasteiger partial charge in [-0.2, -0.15) is 11.8 Å². The van der Waals surface area contributed by atoms with Crippen LogP contribution in [0, 0.1) is 0 Å². The molecule has 0 aliphatic rings. The Balaban J connectivity index is 2.36. The van der Waals surface area contributed by atoms with Crippen molar-refractivity contribution < 1.29 is 9.90 Å². The molecule has 0 radical (unpaired) electrons. The van der Waals surface area contributed by atoms with E-state index in [0.717, 1.165) is 10.2 Å². The molecule has 94 valence electrons. The van der Waals surface area contributed by atoms with Crippen molar-refractivity contribution in [3.8, 4) is 0 Å². The van der Waals surface area contributed by atoms with Crippen molar-refractivity contribution >= 4 is 33.6 Å². The van der Waals surface area contributed by atoms with Gasteiger partial charge in [0.2, 0.25) is 0 Å². The molecule has 1 atom stereocenters. The van der Waals surface area contributed by atoms with Crippen molar-refractivity contribution in [1.82, 2.24) is 5.32 Å². The minimum Gasteiger partial charge on any atom is -0.391 e. The highest BCUT2D eigenvalue weighted by Gasteiger charge is 2.08. The van der Waals surface area contributed by atoms with Crippen LogP contribution in [0.15, 0.2) is 28.7 Å². The molecular formula is C12H16BrNO2S. The first-order valence-corrected chi connectivity index (χ1v) is 7.53. The first-order valence-electron chi connectivity index (χ1n) is 5.34. The molecule has 0 aliphatic carbocycles. The van der Waals surface area contributed by atoms with Gasteiger partial charge in [0.1, 0.15) is 0 Å². The number of amides is 1. The van der Waals surface area contributed by atoms with Crippen molar-refractivity contribution in [2.24, 2.45) is 0 Å². The molecule has 0 heterocycles. The number of benzene rings is 1. The van der Waals surface area contributed by atoms with Crippen LogP contribution in [0.1, 0.15) is 16.8 Å². The van der Waals surface area contributed by atoms with Crippen molar-refractivity contribution in [2.75, 3.05) is 18.6 Å². The van der Waals surface area contributed by atoms with Gasteiger partial charge in [0, 0.05) is 16.6 Å². The highest BCUT2D eigenvalue weighted by Crippen LogP contribution is 2.10. The van der Waals surface area contributed by atoms with Crippen molar-refractivity contribution in [3.05, 3.63) is 34.3 Å². The van der Waals surface area contributed by atoms with Gasteiger partial charge in [-0.15, -0.1) is 0 Å². The second kappa shape index (κ2) is 7.74. The standard InChI is InChI=1S/C12H16BrNO2S/c1-17-7-6-11(15)8-14-12(16)9-2-4-10(13)5-3-9/h2-5,11,15H,6-8H2,1H3,(H,14,16). The first-order chi connectivity index (χ1) is 8.13. The van der Waals surface area contributed by atoms with E-state index < -0.39 is 6.10 Å². The van der Waals surface area contributed by atoms with E-state index in [2.05, 4.69) is 21.2 Å². The predicted molar refractivity (Wildman–Crippen MR) is 75.5 cm³/mol. The third-order valence-electron chi connectivity index (χ3n) is 2.26. The minimum absolute atomic E-state index is 0.152. The molecule has 3 nitrogen and oxygen atoms in total. The summed E-state index contributed by atoms with van der Waals surface area (Å²) >= 11 is 5.00. The van der Waals surface area contributed by atoms with Crippen LogP contribution in [0.2, 0.25) is 0 Å². The molecule has 1 rings (SSSR count). The molecule has 0 bridgehead atoms. The summed E-state index contributed by atoms with van der Waals surface area (Å²) in [6.45, 7) is 0.301. The zero-order chi connectivity index (χ0) is 12.7. The van der Waals surface area contributed by atoms with E-state index in [1.807, 2.05) is 18.4 Å². The van der Waals surface area contributed by atoms with E-state index in [9.17, 15) is 9.90 Å². The molecule has 2 N–H and O–H groups in total. The maximum atomic E-state index is 11.7. The van der Waals surface area contributed by atoms with Crippen LogP contribution >= 0.6 is 27.7 Å². The van der Waals surface area contributed by atoms with Crippen LogP contribution in [-0.2, 0) is 0 Å². The monoisotopic (exact) mass is 317 g/mol. The highest BCUT2D eigenvalue weighted by molar-refractivity contribution is 9.10. The summed E-state index contributed by atoms with van der Waals surface area (Å²) in [5, 5.41) is 12.3. The van der Waals surface area contributed by atoms with Crippen LogP contribution in [0.5, 0.6) is 0 Å². The third kappa shape index (κ3) is 5.57. The van der Waals surface area contributed by atoms with E-state index >= 15 is 0 Å². The van der Waals surface area contributed by atoms with E-state index in [0.29, 0.717) is 18.5 Å². The maximum Gasteiger partial charge on any atom is 0.251 e. The molecule has 5 heteroatoms. The number of halogens is 1. The Hall–Kier alpha value is -0.520. The van der Waals surface area contributed by atoms with Gasteiger partial charge in [-0.05, 0) is 42.7 Å².